The molecule has 2 heteroatoms. The van der Waals surface area contributed by atoms with Gasteiger partial charge in [-0.25, -0.2) is 0 Å². The lowest BCUT2D eigenvalue weighted by Crippen LogP contribution is -2.13. The monoisotopic (exact) mass is 259 g/mol. The molecular weight excluding hydrogens is 246 g/mol. The van der Waals surface area contributed by atoms with Gasteiger partial charge in [0, 0.05) is 11.1 Å². The molecule has 0 spiro atoms. The molecule has 0 unspecified atom stereocenters. The van der Waals surface area contributed by atoms with Crippen LogP contribution in [0.25, 0.3) is 6.08 Å². The van der Waals surface area contributed by atoms with Gasteiger partial charge in [-0.1, -0.05) is 36.4 Å². The molecule has 0 amide bonds. The molecule has 1 aliphatic carbocycles. The molecule has 2 aromatic rings. The third-order valence-corrected chi connectivity index (χ3v) is 3.57. The third kappa shape index (κ3) is 2.26. The molecule has 2 aromatic carbocycles. The number of Topliss-reactive ketones (excluding diaryl/α,β-unsaturated/α-hetero) is 1. The van der Waals surface area contributed by atoms with Crippen molar-refractivity contribution in [1.82, 2.24) is 0 Å². The first-order valence-corrected chi connectivity index (χ1v) is 6.61. The number of carbonyl (C=O) groups excluding carboxylic acids is 1. The summed E-state index contributed by atoms with van der Waals surface area (Å²) in [5.41, 5.74) is 4.27. The SMILES string of the molecule is N#Cc1cccc(/C=C2/CCc3ccccc3C2=O)c1. The van der Waals surface area contributed by atoms with Crippen molar-refractivity contribution in [1.29, 1.82) is 5.26 Å². The Labute approximate surface area is 118 Å². The summed E-state index contributed by atoms with van der Waals surface area (Å²) in [4.78, 5) is 12.4. The van der Waals surface area contributed by atoms with Gasteiger partial charge in [0.1, 0.15) is 0 Å². The molecule has 20 heavy (non-hydrogen) atoms. The zero-order valence-corrected chi connectivity index (χ0v) is 11.0. The van der Waals surface area contributed by atoms with E-state index in [0.717, 1.165) is 35.1 Å². The van der Waals surface area contributed by atoms with Crippen molar-refractivity contribution in [2.45, 2.75) is 12.8 Å². The summed E-state index contributed by atoms with van der Waals surface area (Å²) >= 11 is 0. The number of benzene rings is 2. The Hall–Kier alpha value is -2.66. The van der Waals surface area contributed by atoms with Crippen molar-refractivity contribution in [2.75, 3.05) is 0 Å². The molecule has 96 valence electrons. The van der Waals surface area contributed by atoms with Crippen LogP contribution >= 0.6 is 0 Å². The number of rotatable bonds is 1. The first-order valence-electron chi connectivity index (χ1n) is 6.61. The fraction of sp³-hybridized carbons (Fsp3) is 0.111. The van der Waals surface area contributed by atoms with Crippen LogP contribution in [0.4, 0.5) is 0 Å². The molecule has 1 aliphatic rings. The zero-order valence-electron chi connectivity index (χ0n) is 11.0. The molecule has 0 atom stereocenters. The minimum absolute atomic E-state index is 0.106. The zero-order chi connectivity index (χ0) is 13.9. The van der Waals surface area contributed by atoms with E-state index in [4.69, 9.17) is 5.26 Å². The van der Waals surface area contributed by atoms with Crippen LogP contribution in [0, 0.1) is 11.3 Å². The maximum atomic E-state index is 12.4. The van der Waals surface area contributed by atoms with E-state index in [1.165, 1.54) is 0 Å². The van der Waals surface area contributed by atoms with E-state index in [0.29, 0.717) is 5.56 Å². The van der Waals surface area contributed by atoms with Gasteiger partial charge in [0.05, 0.1) is 11.6 Å². The van der Waals surface area contributed by atoms with Gasteiger partial charge >= 0.3 is 0 Å². The predicted octanol–water partition coefficient (Wildman–Crippen LogP) is 3.77. The standard InChI is InChI=1S/C18H13NO/c19-12-14-5-3-4-13(10-14)11-16-9-8-15-6-1-2-7-17(15)18(16)20/h1-7,10-11H,8-9H2/b16-11-. The molecule has 0 bridgehead atoms. The summed E-state index contributed by atoms with van der Waals surface area (Å²) < 4.78 is 0. The molecule has 0 saturated heterocycles. The minimum atomic E-state index is 0.106. The van der Waals surface area contributed by atoms with Crippen molar-refractivity contribution in [3.63, 3.8) is 0 Å². The van der Waals surface area contributed by atoms with Crippen molar-refractivity contribution in [3.8, 4) is 6.07 Å². The fourth-order valence-corrected chi connectivity index (χ4v) is 2.55. The highest BCUT2D eigenvalue weighted by molar-refractivity contribution is 6.13. The van der Waals surface area contributed by atoms with Crippen molar-refractivity contribution in [3.05, 3.63) is 76.4 Å². The predicted molar refractivity (Wildman–Crippen MR) is 78.2 cm³/mol. The van der Waals surface area contributed by atoms with E-state index in [1.54, 1.807) is 12.1 Å². The Balaban J connectivity index is 1.98. The molecule has 0 radical (unpaired) electrons. The number of ketones is 1. The Morgan fingerprint density at radius 3 is 2.75 bits per heavy atom. The topological polar surface area (TPSA) is 40.9 Å². The molecule has 0 N–H and O–H groups in total. The quantitative estimate of drug-likeness (QED) is 0.731. The van der Waals surface area contributed by atoms with Crippen LogP contribution in [0.15, 0.2) is 54.1 Å². The smallest absolute Gasteiger partial charge is 0.189 e. The van der Waals surface area contributed by atoms with Crippen LogP contribution in [-0.2, 0) is 6.42 Å². The Bertz CT molecular complexity index is 750. The number of aryl methyl sites for hydroxylation is 1. The van der Waals surface area contributed by atoms with Crippen molar-refractivity contribution in [2.24, 2.45) is 0 Å². The summed E-state index contributed by atoms with van der Waals surface area (Å²) in [6, 6.07) is 17.2. The van der Waals surface area contributed by atoms with Gasteiger partial charge in [-0.2, -0.15) is 5.26 Å². The van der Waals surface area contributed by atoms with E-state index in [9.17, 15) is 4.79 Å². The van der Waals surface area contributed by atoms with Crippen LogP contribution in [0.3, 0.4) is 0 Å². The Morgan fingerprint density at radius 1 is 1.05 bits per heavy atom. The number of hydrogen-bond acceptors (Lipinski definition) is 2. The van der Waals surface area contributed by atoms with Crippen LogP contribution in [0.5, 0.6) is 0 Å². The maximum Gasteiger partial charge on any atom is 0.189 e. The second kappa shape index (κ2) is 5.14. The third-order valence-electron chi connectivity index (χ3n) is 3.57. The molecule has 3 rings (SSSR count). The number of nitrogens with zero attached hydrogens (tertiary/aromatic N) is 1. The number of carbonyl (C=O) groups is 1. The highest BCUT2D eigenvalue weighted by Gasteiger charge is 2.20. The van der Waals surface area contributed by atoms with Gasteiger partial charge in [0.2, 0.25) is 0 Å². The largest absolute Gasteiger partial charge is 0.289 e. The number of allylic oxidation sites excluding steroid dienone is 1. The van der Waals surface area contributed by atoms with Gasteiger partial charge in [0.15, 0.2) is 5.78 Å². The minimum Gasteiger partial charge on any atom is -0.289 e. The van der Waals surface area contributed by atoms with Gasteiger partial charge in [0.25, 0.3) is 0 Å². The molecule has 2 nitrogen and oxygen atoms in total. The molecular formula is C18H13NO. The van der Waals surface area contributed by atoms with E-state index < -0.39 is 0 Å². The van der Waals surface area contributed by atoms with Gasteiger partial charge in [-0.3, -0.25) is 4.79 Å². The van der Waals surface area contributed by atoms with E-state index in [2.05, 4.69) is 6.07 Å². The van der Waals surface area contributed by atoms with Crippen molar-refractivity contribution < 1.29 is 4.79 Å². The van der Waals surface area contributed by atoms with Crippen LogP contribution < -0.4 is 0 Å². The second-order valence-corrected chi connectivity index (χ2v) is 4.89. The summed E-state index contributed by atoms with van der Waals surface area (Å²) in [5.74, 6) is 0.106. The van der Waals surface area contributed by atoms with Crippen molar-refractivity contribution >= 4 is 11.9 Å². The number of hydrogen-bond donors (Lipinski definition) is 0. The summed E-state index contributed by atoms with van der Waals surface area (Å²) in [7, 11) is 0. The first kappa shape index (κ1) is 12.4. The first-order chi connectivity index (χ1) is 9.78. The highest BCUT2D eigenvalue weighted by atomic mass is 16.1. The molecule has 0 aliphatic heterocycles. The normalized spacial score (nSPS) is 15.8. The number of fused-ring (bicyclic) bond motifs is 1. The highest BCUT2D eigenvalue weighted by Crippen LogP contribution is 2.26. The van der Waals surface area contributed by atoms with Gasteiger partial charge < -0.3 is 0 Å². The lowest BCUT2D eigenvalue weighted by molar-refractivity contribution is 0.102. The fourth-order valence-electron chi connectivity index (χ4n) is 2.55. The molecule has 0 heterocycles. The lowest BCUT2D eigenvalue weighted by atomic mass is 9.86. The van der Waals surface area contributed by atoms with Crippen LogP contribution in [0.1, 0.15) is 33.5 Å². The summed E-state index contributed by atoms with van der Waals surface area (Å²) in [5, 5.41) is 8.91. The Kier molecular flexibility index (Phi) is 3.18. The second-order valence-electron chi connectivity index (χ2n) is 4.89. The lowest BCUT2D eigenvalue weighted by Gasteiger charge is -2.17. The van der Waals surface area contributed by atoms with Gasteiger partial charge in [-0.05, 0) is 42.2 Å². The number of nitriles is 1. The Morgan fingerprint density at radius 2 is 1.90 bits per heavy atom. The van der Waals surface area contributed by atoms with Crippen LogP contribution in [-0.4, -0.2) is 5.78 Å². The van der Waals surface area contributed by atoms with Gasteiger partial charge in [-0.15, -0.1) is 0 Å². The molecule has 0 saturated carbocycles. The summed E-state index contributed by atoms with van der Waals surface area (Å²) in [6.45, 7) is 0. The maximum absolute atomic E-state index is 12.4. The van der Waals surface area contributed by atoms with E-state index in [-0.39, 0.29) is 5.78 Å². The molecule has 0 fully saturated rings. The molecule has 0 aromatic heterocycles. The van der Waals surface area contributed by atoms with Crippen LogP contribution in [0.2, 0.25) is 0 Å². The van der Waals surface area contributed by atoms with E-state index in [1.807, 2.05) is 42.5 Å². The average Bonchev–Trinajstić information content (AvgIpc) is 2.50. The average molecular weight is 259 g/mol. The summed E-state index contributed by atoms with van der Waals surface area (Å²) in [6.07, 6.45) is 3.55. The van der Waals surface area contributed by atoms with E-state index >= 15 is 0 Å².